The van der Waals surface area contributed by atoms with Crippen LogP contribution in [-0.4, -0.2) is 72.5 Å². The smallest absolute Gasteiger partial charge is 0.237 e. The molecule has 3 rings (SSSR count). The number of rotatable bonds is 7. The lowest BCUT2D eigenvalue weighted by Gasteiger charge is -2.29. The van der Waals surface area contributed by atoms with E-state index in [0.29, 0.717) is 24.4 Å². The van der Waals surface area contributed by atoms with E-state index >= 15 is 0 Å². The summed E-state index contributed by atoms with van der Waals surface area (Å²) in [5.41, 5.74) is 0. The molecule has 0 N–H and O–H groups in total. The fourth-order valence-corrected chi connectivity index (χ4v) is 4.62. The number of nitrogens with zero attached hydrogens (tertiary/aromatic N) is 3. The SMILES string of the molecule is CC(C)CN(C(=O)CN1CCCN(CC2CCCCC2)CC1)C1CC1. The van der Waals surface area contributed by atoms with Crippen LogP contribution in [0.3, 0.4) is 0 Å². The third-order valence-corrected chi connectivity index (χ3v) is 6.15. The minimum Gasteiger partial charge on any atom is -0.338 e. The summed E-state index contributed by atoms with van der Waals surface area (Å²) >= 11 is 0. The number of hydrogen-bond donors (Lipinski definition) is 0. The fourth-order valence-electron chi connectivity index (χ4n) is 4.62. The van der Waals surface area contributed by atoms with Gasteiger partial charge in [-0.3, -0.25) is 9.69 Å². The Bertz CT molecular complexity index is 415. The molecule has 0 atom stereocenters. The van der Waals surface area contributed by atoms with E-state index in [1.54, 1.807) is 0 Å². The Hall–Kier alpha value is -0.610. The van der Waals surface area contributed by atoms with Gasteiger partial charge in [-0.25, -0.2) is 0 Å². The van der Waals surface area contributed by atoms with Crippen molar-refractivity contribution in [3.63, 3.8) is 0 Å². The molecule has 0 aromatic heterocycles. The molecular weight excluding hydrogens is 310 g/mol. The van der Waals surface area contributed by atoms with Gasteiger partial charge in [-0.2, -0.15) is 0 Å². The molecule has 1 heterocycles. The molecule has 0 aromatic rings. The maximum atomic E-state index is 12.8. The van der Waals surface area contributed by atoms with Crippen LogP contribution in [0.25, 0.3) is 0 Å². The van der Waals surface area contributed by atoms with Crippen LogP contribution in [0.5, 0.6) is 0 Å². The quantitative estimate of drug-likeness (QED) is 0.706. The first-order chi connectivity index (χ1) is 12.1. The van der Waals surface area contributed by atoms with E-state index in [-0.39, 0.29) is 0 Å². The maximum Gasteiger partial charge on any atom is 0.237 e. The van der Waals surface area contributed by atoms with Gasteiger partial charge >= 0.3 is 0 Å². The Morgan fingerprint density at radius 3 is 2.28 bits per heavy atom. The Morgan fingerprint density at radius 2 is 1.60 bits per heavy atom. The predicted octanol–water partition coefficient (Wildman–Crippen LogP) is 3.22. The molecule has 0 aromatic carbocycles. The molecule has 4 nitrogen and oxygen atoms in total. The number of carbonyl (C=O) groups is 1. The standard InChI is InChI=1S/C21H39N3O/c1-18(2)15-24(20-9-10-20)21(25)17-23-12-6-11-22(13-14-23)16-19-7-4-3-5-8-19/h18-20H,3-17H2,1-2H3. The van der Waals surface area contributed by atoms with Gasteiger partial charge in [0.15, 0.2) is 0 Å². The van der Waals surface area contributed by atoms with Crippen LogP contribution in [0.1, 0.15) is 65.2 Å². The first kappa shape index (κ1) is 19.2. The molecule has 3 aliphatic rings. The van der Waals surface area contributed by atoms with E-state index in [1.165, 1.54) is 64.5 Å². The monoisotopic (exact) mass is 349 g/mol. The summed E-state index contributed by atoms with van der Waals surface area (Å²) < 4.78 is 0. The van der Waals surface area contributed by atoms with Crippen LogP contribution in [-0.2, 0) is 4.79 Å². The molecule has 25 heavy (non-hydrogen) atoms. The molecule has 144 valence electrons. The van der Waals surface area contributed by atoms with Crippen molar-refractivity contribution in [1.82, 2.24) is 14.7 Å². The average Bonchev–Trinajstić information content (AvgIpc) is 3.42. The second kappa shape index (κ2) is 9.36. The second-order valence-corrected chi connectivity index (χ2v) is 9.11. The molecule has 3 fully saturated rings. The Kier molecular flexibility index (Phi) is 7.18. The zero-order chi connectivity index (χ0) is 17.6. The van der Waals surface area contributed by atoms with Gasteiger partial charge in [-0.05, 0) is 57.0 Å². The molecule has 2 aliphatic carbocycles. The van der Waals surface area contributed by atoms with E-state index in [1.807, 2.05) is 0 Å². The molecule has 0 spiro atoms. The van der Waals surface area contributed by atoms with Gasteiger partial charge in [0.2, 0.25) is 5.91 Å². The largest absolute Gasteiger partial charge is 0.338 e. The molecule has 1 amide bonds. The lowest BCUT2D eigenvalue weighted by Crippen LogP contribution is -2.44. The topological polar surface area (TPSA) is 26.8 Å². The summed E-state index contributed by atoms with van der Waals surface area (Å²) in [7, 11) is 0. The van der Waals surface area contributed by atoms with E-state index in [9.17, 15) is 4.79 Å². The molecule has 4 heteroatoms. The zero-order valence-corrected chi connectivity index (χ0v) is 16.6. The molecule has 0 unspecified atom stereocenters. The van der Waals surface area contributed by atoms with Crippen LogP contribution in [0.2, 0.25) is 0 Å². The van der Waals surface area contributed by atoms with E-state index in [4.69, 9.17) is 0 Å². The van der Waals surface area contributed by atoms with E-state index in [2.05, 4.69) is 28.5 Å². The van der Waals surface area contributed by atoms with Crippen LogP contribution in [0.15, 0.2) is 0 Å². The van der Waals surface area contributed by atoms with Crippen LogP contribution in [0, 0.1) is 11.8 Å². The van der Waals surface area contributed by atoms with Crippen LogP contribution >= 0.6 is 0 Å². The third-order valence-electron chi connectivity index (χ3n) is 6.15. The van der Waals surface area contributed by atoms with Crippen molar-refractivity contribution >= 4 is 5.91 Å². The molecule has 0 bridgehead atoms. The number of carbonyl (C=O) groups excluding carboxylic acids is 1. The van der Waals surface area contributed by atoms with Gasteiger partial charge < -0.3 is 9.80 Å². The second-order valence-electron chi connectivity index (χ2n) is 9.11. The predicted molar refractivity (Wildman–Crippen MR) is 104 cm³/mol. The van der Waals surface area contributed by atoms with Crippen molar-refractivity contribution in [2.75, 3.05) is 45.8 Å². The molecular formula is C21H39N3O. The van der Waals surface area contributed by atoms with Crippen molar-refractivity contribution in [1.29, 1.82) is 0 Å². The van der Waals surface area contributed by atoms with E-state index in [0.717, 1.165) is 32.1 Å². The summed E-state index contributed by atoms with van der Waals surface area (Å²) in [6.07, 6.45) is 10.8. The number of hydrogen-bond acceptors (Lipinski definition) is 3. The third kappa shape index (κ3) is 6.25. The fraction of sp³-hybridized carbons (Fsp3) is 0.952. The summed E-state index contributed by atoms with van der Waals surface area (Å²) in [6.45, 7) is 11.8. The van der Waals surface area contributed by atoms with Crippen molar-refractivity contribution in [3.05, 3.63) is 0 Å². The zero-order valence-electron chi connectivity index (χ0n) is 16.6. The maximum absolute atomic E-state index is 12.8. The summed E-state index contributed by atoms with van der Waals surface area (Å²) in [4.78, 5) is 20.1. The summed E-state index contributed by atoms with van der Waals surface area (Å²) in [5, 5.41) is 0. The highest BCUT2D eigenvalue weighted by Crippen LogP contribution is 2.28. The highest BCUT2D eigenvalue weighted by molar-refractivity contribution is 5.79. The van der Waals surface area contributed by atoms with Crippen molar-refractivity contribution in [2.24, 2.45) is 11.8 Å². The molecule has 1 aliphatic heterocycles. The van der Waals surface area contributed by atoms with Gasteiger partial charge in [0.05, 0.1) is 6.54 Å². The highest BCUT2D eigenvalue weighted by Gasteiger charge is 2.33. The minimum atomic E-state index is 0.372. The lowest BCUT2D eigenvalue weighted by atomic mass is 9.89. The Labute approximate surface area is 154 Å². The van der Waals surface area contributed by atoms with Crippen LogP contribution in [0.4, 0.5) is 0 Å². The van der Waals surface area contributed by atoms with Gasteiger partial charge in [0.1, 0.15) is 0 Å². The number of amides is 1. The van der Waals surface area contributed by atoms with Crippen molar-refractivity contribution < 1.29 is 4.79 Å². The minimum absolute atomic E-state index is 0.372. The summed E-state index contributed by atoms with van der Waals surface area (Å²) in [5.74, 6) is 1.87. The highest BCUT2D eigenvalue weighted by atomic mass is 16.2. The Balaban J connectivity index is 1.43. The molecule has 0 radical (unpaired) electrons. The van der Waals surface area contributed by atoms with Gasteiger partial charge in [0.25, 0.3) is 0 Å². The van der Waals surface area contributed by atoms with Gasteiger partial charge in [0, 0.05) is 32.2 Å². The average molecular weight is 350 g/mol. The lowest BCUT2D eigenvalue weighted by molar-refractivity contribution is -0.133. The van der Waals surface area contributed by atoms with Crippen molar-refractivity contribution in [3.8, 4) is 0 Å². The Morgan fingerprint density at radius 1 is 0.920 bits per heavy atom. The first-order valence-electron chi connectivity index (χ1n) is 10.9. The molecule has 1 saturated heterocycles. The summed E-state index contributed by atoms with van der Waals surface area (Å²) in [6, 6.07) is 0.546. The van der Waals surface area contributed by atoms with Crippen LogP contribution < -0.4 is 0 Å². The first-order valence-corrected chi connectivity index (χ1v) is 10.9. The van der Waals surface area contributed by atoms with Gasteiger partial charge in [-0.1, -0.05) is 33.1 Å². The molecule has 2 saturated carbocycles. The van der Waals surface area contributed by atoms with Gasteiger partial charge in [-0.15, -0.1) is 0 Å². The van der Waals surface area contributed by atoms with Crippen molar-refractivity contribution in [2.45, 2.75) is 71.3 Å². The normalized spacial score (nSPS) is 24.4. The van der Waals surface area contributed by atoms with E-state index < -0.39 is 0 Å².